The van der Waals surface area contributed by atoms with Crippen molar-refractivity contribution < 1.29 is 0 Å². The van der Waals surface area contributed by atoms with E-state index in [9.17, 15) is 0 Å². The lowest BCUT2D eigenvalue weighted by molar-refractivity contribution is 0.254. The molecule has 1 aromatic carbocycles. The van der Waals surface area contributed by atoms with E-state index in [1.165, 1.54) is 0 Å². The van der Waals surface area contributed by atoms with Gasteiger partial charge in [0, 0.05) is 18.8 Å². The van der Waals surface area contributed by atoms with E-state index in [0.717, 1.165) is 24.3 Å². The van der Waals surface area contributed by atoms with Crippen LogP contribution in [0, 0.1) is 5.41 Å². The summed E-state index contributed by atoms with van der Waals surface area (Å²) in [6.07, 6.45) is 0. The minimum Gasteiger partial charge on any atom is -0.389 e. The Kier molecular flexibility index (Phi) is 5.59. The summed E-state index contributed by atoms with van der Waals surface area (Å²) in [6, 6.07) is 5.64. The van der Waals surface area contributed by atoms with Gasteiger partial charge in [-0.3, -0.25) is 0 Å². The molecule has 0 saturated heterocycles. The van der Waals surface area contributed by atoms with Crippen molar-refractivity contribution in [2.45, 2.75) is 13.8 Å². The summed E-state index contributed by atoms with van der Waals surface area (Å²) in [6.45, 7) is 6.24. The van der Waals surface area contributed by atoms with Crippen LogP contribution < -0.4 is 11.1 Å². The van der Waals surface area contributed by atoms with Gasteiger partial charge in [-0.25, -0.2) is 0 Å². The van der Waals surface area contributed by atoms with Crippen LogP contribution in [0.1, 0.15) is 19.4 Å². The van der Waals surface area contributed by atoms with Crippen LogP contribution in [0.25, 0.3) is 0 Å². The molecule has 0 fully saturated rings. The van der Waals surface area contributed by atoms with Gasteiger partial charge in [-0.05, 0) is 31.6 Å². The minimum atomic E-state index is 0.138. The van der Waals surface area contributed by atoms with Gasteiger partial charge in [0.15, 0.2) is 0 Å². The largest absolute Gasteiger partial charge is 0.389 e. The Hall–Kier alpha value is -0.840. The van der Waals surface area contributed by atoms with Gasteiger partial charge in [-0.15, -0.1) is 0 Å². The summed E-state index contributed by atoms with van der Waals surface area (Å²) in [5.41, 5.74) is 7.49. The first-order chi connectivity index (χ1) is 8.73. The van der Waals surface area contributed by atoms with Crippen LogP contribution in [0.5, 0.6) is 0 Å². The van der Waals surface area contributed by atoms with Gasteiger partial charge in [0.1, 0.15) is 4.99 Å². The average molecular weight is 300 g/mol. The van der Waals surface area contributed by atoms with Gasteiger partial charge in [0.25, 0.3) is 0 Å². The molecule has 1 rings (SSSR count). The Balaban J connectivity index is 2.84. The number of hydrogen-bond donors (Lipinski definition) is 2. The van der Waals surface area contributed by atoms with Crippen molar-refractivity contribution in [2.75, 3.05) is 32.5 Å². The molecule has 3 nitrogen and oxygen atoms in total. The maximum atomic E-state index is 6.14. The van der Waals surface area contributed by atoms with E-state index in [1.807, 2.05) is 12.1 Å². The highest BCUT2D eigenvalue weighted by atomic mass is 35.5. The molecular weight excluding hydrogens is 278 g/mol. The molecular formula is C14H22ClN3S. The molecule has 0 atom stereocenters. The van der Waals surface area contributed by atoms with Crippen LogP contribution in [-0.4, -0.2) is 37.1 Å². The molecule has 1 aromatic rings. The molecule has 0 heterocycles. The van der Waals surface area contributed by atoms with Crippen molar-refractivity contribution in [1.82, 2.24) is 4.90 Å². The summed E-state index contributed by atoms with van der Waals surface area (Å²) >= 11 is 11.2. The van der Waals surface area contributed by atoms with Crippen LogP contribution >= 0.6 is 23.8 Å². The first kappa shape index (κ1) is 16.2. The highest BCUT2D eigenvalue weighted by Crippen LogP contribution is 2.26. The van der Waals surface area contributed by atoms with Crippen molar-refractivity contribution in [3.63, 3.8) is 0 Å². The third kappa shape index (κ3) is 4.97. The molecule has 0 aliphatic carbocycles. The molecule has 5 heteroatoms. The molecule has 3 N–H and O–H groups in total. The average Bonchev–Trinajstić information content (AvgIpc) is 2.24. The normalized spacial score (nSPS) is 11.7. The lowest BCUT2D eigenvalue weighted by Crippen LogP contribution is -2.34. The Morgan fingerprint density at radius 2 is 2.05 bits per heavy atom. The Bertz CT molecular complexity index is 458. The van der Waals surface area contributed by atoms with Gasteiger partial charge in [0.05, 0.1) is 10.6 Å². The number of nitrogens with one attached hydrogen (secondary N) is 1. The second kappa shape index (κ2) is 6.55. The van der Waals surface area contributed by atoms with Crippen LogP contribution in [0.2, 0.25) is 5.02 Å². The molecule has 0 aliphatic rings. The van der Waals surface area contributed by atoms with Gasteiger partial charge < -0.3 is 16.0 Å². The quantitative estimate of drug-likeness (QED) is 0.793. The van der Waals surface area contributed by atoms with E-state index in [2.05, 4.69) is 38.2 Å². The third-order valence-electron chi connectivity index (χ3n) is 2.76. The Morgan fingerprint density at radius 1 is 1.42 bits per heavy atom. The lowest BCUT2D eigenvalue weighted by Gasteiger charge is -2.29. The van der Waals surface area contributed by atoms with Crippen molar-refractivity contribution in [3.05, 3.63) is 28.8 Å². The Morgan fingerprint density at radius 3 is 2.58 bits per heavy atom. The number of hydrogen-bond acceptors (Lipinski definition) is 3. The zero-order chi connectivity index (χ0) is 14.6. The fourth-order valence-corrected chi connectivity index (χ4v) is 2.72. The second-order valence-corrected chi connectivity index (χ2v) is 6.63. The summed E-state index contributed by atoms with van der Waals surface area (Å²) in [4.78, 5) is 2.49. The SMILES string of the molecule is CN(C)CC(C)(C)CNc1cccc(Cl)c1C(N)=S. The van der Waals surface area contributed by atoms with Crippen LogP contribution in [0.3, 0.4) is 0 Å². The number of nitrogens with two attached hydrogens (primary N) is 1. The molecule has 0 bridgehead atoms. The maximum absolute atomic E-state index is 6.14. The number of halogens is 1. The number of anilines is 1. The monoisotopic (exact) mass is 299 g/mol. The lowest BCUT2D eigenvalue weighted by atomic mass is 9.92. The number of thiocarbonyl (C=S) groups is 1. The van der Waals surface area contributed by atoms with E-state index in [-0.39, 0.29) is 5.41 Å². The summed E-state index contributed by atoms with van der Waals surface area (Å²) < 4.78 is 0. The van der Waals surface area contributed by atoms with Crippen molar-refractivity contribution in [2.24, 2.45) is 11.1 Å². The molecule has 106 valence electrons. The Labute approximate surface area is 126 Å². The summed E-state index contributed by atoms with van der Waals surface area (Å²) in [5, 5.41) is 3.99. The molecule has 0 saturated carbocycles. The van der Waals surface area contributed by atoms with Crippen LogP contribution in [0.4, 0.5) is 5.69 Å². The van der Waals surface area contributed by atoms with Gasteiger partial charge in [-0.1, -0.05) is 43.7 Å². The summed E-state index contributed by atoms with van der Waals surface area (Å²) in [5.74, 6) is 0. The smallest absolute Gasteiger partial charge is 0.107 e. The molecule has 0 amide bonds. The summed E-state index contributed by atoms with van der Waals surface area (Å²) in [7, 11) is 4.14. The zero-order valence-corrected chi connectivity index (χ0v) is 13.5. The van der Waals surface area contributed by atoms with Crippen LogP contribution in [-0.2, 0) is 0 Å². The van der Waals surface area contributed by atoms with E-state index < -0.39 is 0 Å². The molecule has 0 radical (unpaired) electrons. The van der Waals surface area contributed by atoms with Crippen molar-refractivity contribution in [3.8, 4) is 0 Å². The van der Waals surface area contributed by atoms with Crippen molar-refractivity contribution in [1.29, 1.82) is 0 Å². The first-order valence-electron chi connectivity index (χ1n) is 6.20. The van der Waals surface area contributed by atoms with E-state index in [1.54, 1.807) is 6.07 Å². The third-order valence-corrected chi connectivity index (χ3v) is 3.28. The van der Waals surface area contributed by atoms with Crippen molar-refractivity contribution >= 4 is 34.5 Å². The first-order valence-corrected chi connectivity index (χ1v) is 6.98. The second-order valence-electron chi connectivity index (χ2n) is 5.78. The van der Waals surface area contributed by atoms with Crippen LogP contribution in [0.15, 0.2) is 18.2 Å². The molecule has 0 aromatic heterocycles. The fourth-order valence-electron chi connectivity index (χ4n) is 2.17. The van der Waals surface area contributed by atoms with Gasteiger partial charge in [-0.2, -0.15) is 0 Å². The highest BCUT2D eigenvalue weighted by Gasteiger charge is 2.19. The van der Waals surface area contributed by atoms with Gasteiger partial charge >= 0.3 is 0 Å². The zero-order valence-electron chi connectivity index (χ0n) is 12.0. The topological polar surface area (TPSA) is 41.3 Å². The van der Waals surface area contributed by atoms with E-state index in [4.69, 9.17) is 29.6 Å². The van der Waals surface area contributed by atoms with E-state index in [0.29, 0.717) is 10.0 Å². The maximum Gasteiger partial charge on any atom is 0.107 e. The molecule has 0 aliphatic heterocycles. The van der Waals surface area contributed by atoms with E-state index >= 15 is 0 Å². The molecule has 0 unspecified atom stereocenters. The predicted octanol–water partition coefficient (Wildman–Crippen LogP) is 2.97. The number of nitrogens with zero attached hydrogens (tertiary/aromatic N) is 1. The standard InChI is InChI=1S/C14H22ClN3S/c1-14(2,9-18(3)4)8-17-11-7-5-6-10(15)12(11)13(16)19/h5-7,17H,8-9H2,1-4H3,(H2,16,19). The van der Waals surface area contributed by atoms with Gasteiger partial charge in [0.2, 0.25) is 0 Å². The molecule has 19 heavy (non-hydrogen) atoms. The fraction of sp³-hybridized carbons (Fsp3) is 0.500. The predicted molar refractivity (Wildman–Crippen MR) is 88.2 cm³/mol. The number of benzene rings is 1. The minimum absolute atomic E-state index is 0.138. The highest BCUT2D eigenvalue weighted by molar-refractivity contribution is 7.80. The number of rotatable bonds is 6. The molecule has 0 spiro atoms.